The van der Waals surface area contributed by atoms with E-state index in [-0.39, 0.29) is 6.10 Å². The molecule has 0 saturated heterocycles. The Labute approximate surface area is 82.8 Å². The van der Waals surface area contributed by atoms with Gasteiger partial charge in [0.1, 0.15) is 0 Å². The van der Waals surface area contributed by atoms with Crippen molar-refractivity contribution in [3.05, 3.63) is 35.5 Å². The third kappa shape index (κ3) is 1.01. The highest BCUT2D eigenvalue weighted by molar-refractivity contribution is 5.82. The number of fused-ring (bicyclic) bond motifs is 3. The Hall–Kier alpha value is -1.28. The summed E-state index contributed by atoms with van der Waals surface area (Å²) in [5, 5.41) is 10.8. The molecule has 14 heavy (non-hydrogen) atoms. The van der Waals surface area contributed by atoms with Gasteiger partial charge in [0.15, 0.2) is 0 Å². The van der Waals surface area contributed by atoms with Gasteiger partial charge in [-0.05, 0) is 25.1 Å². The minimum Gasteiger partial charge on any atom is -0.391 e. The average Bonchev–Trinajstić information content (AvgIpc) is 2.59. The summed E-state index contributed by atoms with van der Waals surface area (Å²) in [7, 11) is 0. The van der Waals surface area contributed by atoms with E-state index < -0.39 is 0 Å². The van der Waals surface area contributed by atoms with Gasteiger partial charge in [0.05, 0.1) is 6.10 Å². The summed E-state index contributed by atoms with van der Waals surface area (Å²) in [6.45, 7) is 2.86. The molecule has 0 saturated carbocycles. The van der Waals surface area contributed by atoms with Gasteiger partial charge in [-0.25, -0.2) is 0 Å². The first kappa shape index (κ1) is 8.06. The number of rotatable bonds is 0. The summed E-state index contributed by atoms with van der Waals surface area (Å²) >= 11 is 0. The maximum absolute atomic E-state index is 9.53. The molecule has 3 rings (SSSR count). The van der Waals surface area contributed by atoms with Crippen LogP contribution in [0, 0.1) is 6.92 Å². The van der Waals surface area contributed by atoms with Crippen LogP contribution in [-0.2, 0) is 13.0 Å². The minimum absolute atomic E-state index is 0.185. The molecule has 2 heteroatoms. The van der Waals surface area contributed by atoms with Gasteiger partial charge in [0.25, 0.3) is 0 Å². The maximum atomic E-state index is 9.53. The van der Waals surface area contributed by atoms with Crippen LogP contribution in [0.2, 0.25) is 0 Å². The van der Waals surface area contributed by atoms with Crippen LogP contribution >= 0.6 is 0 Å². The predicted octanol–water partition coefficient (Wildman–Crippen LogP) is 1.87. The van der Waals surface area contributed by atoms with E-state index in [1.54, 1.807) is 0 Å². The normalized spacial score (nSPS) is 20.3. The topological polar surface area (TPSA) is 25.2 Å². The summed E-state index contributed by atoms with van der Waals surface area (Å²) in [5.74, 6) is 0. The monoisotopic (exact) mass is 187 g/mol. The summed E-state index contributed by atoms with van der Waals surface area (Å²) in [4.78, 5) is 0. The molecule has 0 fully saturated rings. The fraction of sp³-hybridized carbons (Fsp3) is 0.333. The number of aryl methyl sites for hydroxylation is 1. The Bertz CT molecular complexity index is 498. The first-order valence-electron chi connectivity index (χ1n) is 5.01. The largest absolute Gasteiger partial charge is 0.391 e. The molecule has 1 atom stereocenters. The molecule has 1 aliphatic rings. The standard InChI is InChI=1S/C12H13NO/c1-8-2-3-12-9(4-8)5-10-6-11(14)7-13(10)12/h2-5,11,14H,6-7H2,1H3. The zero-order valence-corrected chi connectivity index (χ0v) is 8.20. The third-order valence-electron chi connectivity index (χ3n) is 2.98. The van der Waals surface area contributed by atoms with Crippen molar-refractivity contribution in [2.45, 2.75) is 26.0 Å². The van der Waals surface area contributed by atoms with E-state index in [4.69, 9.17) is 0 Å². The van der Waals surface area contributed by atoms with Crippen LogP contribution in [0.3, 0.4) is 0 Å². The summed E-state index contributed by atoms with van der Waals surface area (Å²) in [6.07, 6.45) is 0.615. The number of aliphatic hydroxyl groups excluding tert-OH is 1. The molecule has 1 aliphatic heterocycles. The van der Waals surface area contributed by atoms with Crippen molar-refractivity contribution in [1.29, 1.82) is 0 Å². The maximum Gasteiger partial charge on any atom is 0.0773 e. The van der Waals surface area contributed by atoms with Gasteiger partial charge in [-0.15, -0.1) is 0 Å². The Morgan fingerprint density at radius 3 is 3.07 bits per heavy atom. The quantitative estimate of drug-likeness (QED) is 0.669. The summed E-state index contributed by atoms with van der Waals surface area (Å²) in [6, 6.07) is 8.66. The van der Waals surface area contributed by atoms with E-state index in [2.05, 4.69) is 35.8 Å². The SMILES string of the molecule is Cc1ccc2c(c1)cc1n2CC(O)C1. The molecule has 0 radical (unpaired) electrons. The summed E-state index contributed by atoms with van der Waals surface area (Å²) < 4.78 is 2.22. The highest BCUT2D eigenvalue weighted by atomic mass is 16.3. The molecular formula is C12H13NO. The lowest BCUT2D eigenvalue weighted by Crippen LogP contribution is -2.06. The smallest absolute Gasteiger partial charge is 0.0773 e. The molecular weight excluding hydrogens is 174 g/mol. The van der Waals surface area contributed by atoms with E-state index in [0.29, 0.717) is 0 Å². The number of benzene rings is 1. The Morgan fingerprint density at radius 2 is 2.21 bits per heavy atom. The van der Waals surface area contributed by atoms with E-state index in [1.165, 1.54) is 22.2 Å². The van der Waals surface area contributed by atoms with Crippen molar-refractivity contribution in [2.24, 2.45) is 0 Å². The average molecular weight is 187 g/mol. The predicted molar refractivity (Wildman–Crippen MR) is 56.4 cm³/mol. The number of hydrogen-bond donors (Lipinski definition) is 1. The number of aliphatic hydroxyl groups is 1. The van der Waals surface area contributed by atoms with Gasteiger partial charge < -0.3 is 9.67 Å². The number of nitrogens with zero attached hydrogens (tertiary/aromatic N) is 1. The Balaban J connectivity index is 2.28. The second-order valence-corrected chi connectivity index (χ2v) is 4.17. The third-order valence-corrected chi connectivity index (χ3v) is 2.98. The molecule has 1 aromatic heterocycles. The zero-order valence-electron chi connectivity index (χ0n) is 8.20. The van der Waals surface area contributed by atoms with E-state index in [1.807, 2.05) is 0 Å². The molecule has 2 nitrogen and oxygen atoms in total. The van der Waals surface area contributed by atoms with Crippen LogP contribution < -0.4 is 0 Å². The highest BCUT2D eigenvalue weighted by Crippen LogP contribution is 2.26. The van der Waals surface area contributed by atoms with Crippen molar-refractivity contribution in [1.82, 2.24) is 4.57 Å². The van der Waals surface area contributed by atoms with Crippen molar-refractivity contribution in [3.8, 4) is 0 Å². The van der Waals surface area contributed by atoms with Crippen LogP contribution in [0.5, 0.6) is 0 Å². The highest BCUT2D eigenvalue weighted by Gasteiger charge is 2.20. The Kier molecular flexibility index (Phi) is 1.50. The molecule has 1 unspecified atom stereocenters. The first-order valence-corrected chi connectivity index (χ1v) is 5.01. The van der Waals surface area contributed by atoms with E-state index in [9.17, 15) is 5.11 Å². The second kappa shape index (κ2) is 2.61. The molecule has 2 heterocycles. The fourth-order valence-electron chi connectivity index (χ4n) is 2.35. The fourth-order valence-corrected chi connectivity index (χ4v) is 2.35. The second-order valence-electron chi connectivity index (χ2n) is 4.17. The van der Waals surface area contributed by atoms with Gasteiger partial charge in [0, 0.05) is 29.6 Å². The van der Waals surface area contributed by atoms with Crippen LogP contribution in [0.25, 0.3) is 10.9 Å². The lowest BCUT2D eigenvalue weighted by Gasteiger charge is -2.02. The number of hydrogen-bond acceptors (Lipinski definition) is 1. The van der Waals surface area contributed by atoms with Crippen molar-refractivity contribution in [2.75, 3.05) is 0 Å². The van der Waals surface area contributed by atoms with E-state index in [0.717, 1.165) is 13.0 Å². The van der Waals surface area contributed by atoms with Gasteiger partial charge in [-0.2, -0.15) is 0 Å². The van der Waals surface area contributed by atoms with Crippen molar-refractivity contribution >= 4 is 10.9 Å². The zero-order chi connectivity index (χ0) is 9.71. The molecule has 72 valence electrons. The van der Waals surface area contributed by atoms with E-state index >= 15 is 0 Å². The first-order chi connectivity index (χ1) is 6.74. The molecule has 2 aromatic rings. The molecule has 0 bridgehead atoms. The molecule has 0 aliphatic carbocycles. The molecule has 0 spiro atoms. The van der Waals surface area contributed by atoms with Crippen LogP contribution in [0.15, 0.2) is 24.3 Å². The lowest BCUT2D eigenvalue weighted by molar-refractivity contribution is 0.176. The van der Waals surface area contributed by atoms with Gasteiger partial charge >= 0.3 is 0 Å². The van der Waals surface area contributed by atoms with Gasteiger partial charge in [-0.1, -0.05) is 11.6 Å². The van der Waals surface area contributed by atoms with Crippen molar-refractivity contribution in [3.63, 3.8) is 0 Å². The van der Waals surface area contributed by atoms with Crippen LogP contribution in [0.4, 0.5) is 0 Å². The Morgan fingerprint density at radius 1 is 1.36 bits per heavy atom. The van der Waals surface area contributed by atoms with Gasteiger partial charge in [0.2, 0.25) is 0 Å². The number of aromatic nitrogens is 1. The van der Waals surface area contributed by atoms with Crippen molar-refractivity contribution < 1.29 is 5.11 Å². The molecule has 0 amide bonds. The van der Waals surface area contributed by atoms with Crippen LogP contribution in [0.1, 0.15) is 11.3 Å². The van der Waals surface area contributed by atoms with Gasteiger partial charge in [-0.3, -0.25) is 0 Å². The van der Waals surface area contributed by atoms with Crippen LogP contribution in [-0.4, -0.2) is 15.8 Å². The summed E-state index contributed by atoms with van der Waals surface area (Å²) in [5.41, 5.74) is 3.81. The lowest BCUT2D eigenvalue weighted by atomic mass is 10.1. The molecule has 1 aromatic carbocycles. The molecule has 1 N–H and O–H groups in total. The minimum atomic E-state index is -0.185.